The Morgan fingerprint density at radius 1 is 0.857 bits per heavy atom. The predicted molar refractivity (Wildman–Crippen MR) is 161 cm³/mol. The summed E-state index contributed by atoms with van der Waals surface area (Å²) >= 11 is 0. The van der Waals surface area contributed by atoms with Gasteiger partial charge in [0.2, 0.25) is 0 Å². The zero-order valence-corrected chi connectivity index (χ0v) is 23.6. The number of aryl methyl sites for hydroxylation is 1. The molecule has 0 radical (unpaired) electrons. The van der Waals surface area contributed by atoms with E-state index in [2.05, 4.69) is 15.4 Å². The molecule has 8 nitrogen and oxygen atoms in total. The van der Waals surface area contributed by atoms with Crippen LogP contribution in [0.3, 0.4) is 0 Å². The van der Waals surface area contributed by atoms with Crippen molar-refractivity contribution in [2.45, 2.75) is 25.9 Å². The monoisotopic (exact) mass is 560 g/mol. The van der Waals surface area contributed by atoms with E-state index in [1.54, 1.807) is 18.2 Å². The summed E-state index contributed by atoms with van der Waals surface area (Å²) in [7, 11) is 1.36. The maximum Gasteiger partial charge on any atom is 0.307 e. The van der Waals surface area contributed by atoms with Crippen molar-refractivity contribution in [2.24, 2.45) is 0 Å². The summed E-state index contributed by atoms with van der Waals surface area (Å²) in [6, 6.07) is 33.4. The average molecular weight is 561 g/mol. The Morgan fingerprint density at radius 3 is 2.24 bits per heavy atom. The van der Waals surface area contributed by atoms with E-state index in [0.717, 1.165) is 17.0 Å². The third-order valence-corrected chi connectivity index (χ3v) is 6.88. The molecular formula is C34H32N4O4. The average Bonchev–Trinajstić information content (AvgIpc) is 3.41. The van der Waals surface area contributed by atoms with Gasteiger partial charge in [0.1, 0.15) is 18.2 Å². The topological polar surface area (TPSA) is 95.3 Å². The van der Waals surface area contributed by atoms with Crippen molar-refractivity contribution < 1.29 is 19.1 Å². The molecule has 0 saturated carbocycles. The summed E-state index contributed by atoms with van der Waals surface area (Å²) in [6.45, 7) is 2.89. The fraction of sp³-hybridized carbons (Fsp3) is 0.176. The number of ether oxygens (including phenoxy) is 2. The van der Waals surface area contributed by atoms with Gasteiger partial charge in [0.25, 0.3) is 0 Å². The van der Waals surface area contributed by atoms with Crippen molar-refractivity contribution in [1.82, 2.24) is 14.8 Å². The summed E-state index contributed by atoms with van der Waals surface area (Å²) in [4.78, 5) is 30.1. The van der Waals surface area contributed by atoms with Crippen LogP contribution in [0.4, 0.5) is 5.69 Å². The highest BCUT2D eigenvalue weighted by molar-refractivity contribution is 6.12. The molecule has 5 rings (SSSR count). The molecule has 0 aliphatic heterocycles. The Kier molecular flexibility index (Phi) is 9.03. The number of esters is 1. The van der Waals surface area contributed by atoms with Gasteiger partial charge in [-0.15, -0.1) is 0 Å². The smallest absolute Gasteiger partial charge is 0.307 e. The van der Waals surface area contributed by atoms with E-state index in [1.165, 1.54) is 7.11 Å². The van der Waals surface area contributed by atoms with Crippen LogP contribution in [0.2, 0.25) is 0 Å². The lowest BCUT2D eigenvalue weighted by Gasteiger charge is -2.21. The van der Waals surface area contributed by atoms with Crippen LogP contribution in [0.5, 0.6) is 5.75 Å². The second-order valence-electron chi connectivity index (χ2n) is 9.71. The molecule has 0 aliphatic carbocycles. The molecule has 4 aromatic carbocycles. The minimum atomic E-state index is -0.426. The fourth-order valence-electron chi connectivity index (χ4n) is 4.63. The predicted octanol–water partition coefficient (Wildman–Crippen LogP) is 6.28. The highest BCUT2D eigenvalue weighted by atomic mass is 16.5. The van der Waals surface area contributed by atoms with Crippen molar-refractivity contribution in [2.75, 3.05) is 19.0 Å². The highest BCUT2D eigenvalue weighted by Crippen LogP contribution is 2.28. The number of anilines is 1. The zero-order chi connectivity index (χ0) is 29.3. The Hall–Kier alpha value is -5.24. The first-order valence-corrected chi connectivity index (χ1v) is 13.7. The quantitative estimate of drug-likeness (QED) is 0.142. The number of hydrogen-bond acceptors (Lipinski definition) is 7. The van der Waals surface area contributed by atoms with Crippen LogP contribution >= 0.6 is 0 Å². The van der Waals surface area contributed by atoms with E-state index in [4.69, 9.17) is 9.47 Å². The number of benzene rings is 4. The zero-order valence-electron chi connectivity index (χ0n) is 23.6. The largest absolute Gasteiger partial charge is 0.492 e. The van der Waals surface area contributed by atoms with E-state index in [-0.39, 0.29) is 18.2 Å². The molecule has 0 fully saturated rings. The Bertz CT molecular complexity index is 1630. The van der Waals surface area contributed by atoms with Gasteiger partial charge in [0.05, 0.1) is 26.1 Å². The lowest BCUT2D eigenvalue weighted by Crippen LogP contribution is -2.18. The number of nitrogens with one attached hydrogen (secondary N) is 1. The van der Waals surface area contributed by atoms with Gasteiger partial charge in [-0.05, 0) is 36.8 Å². The molecule has 42 heavy (non-hydrogen) atoms. The minimum Gasteiger partial charge on any atom is -0.492 e. The van der Waals surface area contributed by atoms with Crippen LogP contribution < -0.4 is 10.1 Å². The summed E-state index contributed by atoms with van der Waals surface area (Å²) in [5, 5.41) is 8.02. The highest BCUT2D eigenvalue weighted by Gasteiger charge is 2.20. The molecule has 0 amide bonds. The van der Waals surface area contributed by atoms with E-state index in [0.29, 0.717) is 41.5 Å². The molecule has 1 atom stereocenters. The third-order valence-electron chi connectivity index (χ3n) is 6.88. The van der Waals surface area contributed by atoms with Crippen LogP contribution in [0, 0.1) is 6.92 Å². The first-order chi connectivity index (χ1) is 20.5. The maximum atomic E-state index is 13.2. The number of aromatic nitrogens is 3. The number of nitrogens with zero attached hydrogens (tertiary/aromatic N) is 3. The molecular weight excluding hydrogens is 528 g/mol. The van der Waals surface area contributed by atoms with Crippen molar-refractivity contribution in [3.8, 4) is 17.1 Å². The van der Waals surface area contributed by atoms with Gasteiger partial charge in [-0.2, -0.15) is 5.10 Å². The second kappa shape index (κ2) is 13.4. The third kappa shape index (κ3) is 6.90. The Balaban J connectivity index is 1.27. The SMILES string of the molecule is COC(=O)CC(Nc1ccccc1C(=O)c1ccccc1)c1ccc(OCCn2nc(-c3ccccc3)nc2C)cc1. The van der Waals surface area contributed by atoms with Crippen molar-refractivity contribution in [3.63, 3.8) is 0 Å². The number of methoxy groups -OCH3 is 1. The number of carbonyl (C=O) groups excluding carboxylic acids is 2. The minimum absolute atomic E-state index is 0.0832. The van der Waals surface area contributed by atoms with Crippen molar-refractivity contribution >= 4 is 17.4 Å². The van der Waals surface area contributed by atoms with Crippen LogP contribution in [0.15, 0.2) is 109 Å². The van der Waals surface area contributed by atoms with Crippen LogP contribution in [0.25, 0.3) is 11.4 Å². The van der Waals surface area contributed by atoms with Gasteiger partial charge in [0, 0.05) is 22.4 Å². The number of hydrogen-bond donors (Lipinski definition) is 1. The fourth-order valence-corrected chi connectivity index (χ4v) is 4.63. The van der Waals surface area contributed by atoms with Crippen LogP contribution in [0.1, 0.15) is 39.8 Å². The Morgan fingerprint density at radius 2 is 1.52 bits per heavy atom. The molecule has 0 saturated heterocycles. The van der Waals surface area contributed by atoms with Gasteiger partial charge in [-0.25, -0.2) is 9.67 Å². The Labute approximate surface area is 245 Å². The van der Waals surface area contributed by atoms with Gasteiger partial charge >= 0.3 is 5.97 Å². The van der Waals surface area contributed by atoms with Crippen molar-refractivity contribution in [1.29, 1.82) is 0 Å². The summed E-state index contributed by atoms with van der Waals surface area (Å²) in [6.07, 6.45) is 0.0832. The molecule has 8 heteroatoms. The second-order valence-corrected chi connectivity index (χ2v) is 9.71. The van der Waals surface area contributed by atoms with E-state index in [9.17, 15) is 9.59 Å². The molecule has 0 spiro atoms. The number of para-hydroxylation sites is 1. The molecule has 0 aliphatic rings. The molecule has 1 aromatic heterocycles. The maximum absolute atomic E-state index is 13.2. The molecule has 1 unspecified atom stereocenters. The molecule has 212 valence electrons. The molecule has 1 N–H and O–H groups in total. The standard InChI is InChI=1S/C34H32N4O4/c1-24-35-34(27-13-7-4-8-14-27)37-38(24)21-22-42-28-19-17-25(18-20-28)31(23-32(39)41-2)36-30-16-10-9-15-29(30)33(40)26-11-5-3-6-12-26/h3-20,31,36H,21-23H2,1-2H3. The van der Waals surface area contributed by atoms with E-state index in [1.807, 2.05) is 103 Å². The summed E-state index contributed by atoms with van der Waals surface area (Å²) < 4.78 is 12.8. The number of rotatable bonds is 12. The van der Waals surface area contributed by atoms with E-state index >= 15 is 0 Å². The van der Waals surface area contributed by atoms with Gasteiger partial charge in [-0.1, -0.05) is 84.9 Å². The van der Waals surface area contributed by atoms with E-state index < -0.39 is 6.04 Å². The lowest BCUT2D eigenvalue weighted by molar-refractivity contribution is -0.140. The number of ketones is 1. The number of carbonyl (C=O) groups is 2. The lowest BCUT2D eigenvalue weighted by atomic mass is 9.99. The molecule has 0 bridgehead atoms. The normalized spacial score (nSPS) is 11.5. The van der Waals surface area contributed by atoms with Gasteiger partial charge in [0.15, 0.2) is 11.6 Å². The van der Waals surface area contributed by atoms with Gasteiger partial charge in [-0.3, -0.25) is 9.59 Å². The molecule has 1 heterocycles. The van der Waals surface area contributed by atoms with Gasteiger partial charge < -0.3 is 14.8 Å². The van der Waals surface area contributed by atoms with Crippen molar-refractivity contribution in [3.05, 3.63) is 132 Å². The first kappa shape index (κ1) is 28.3. The first-order valence-electron chi connectivity index (χ1n) is 13.7. The van der Waals surface area contributed by atoms with Crippen LogP contribution in [-0.2, 0) is 16.1 Å². The van der Waals surface area contributed by atoms with Crippen LogP contribution in [-0.4, -0.2) is 40.2 Å². The molecule has 5 aromatic rings. The summed E-state index contributed by atoms with van der Waals surface area (Å²) in [5.41, 5.74) is 3.58. The summed E-state index contributed by atoms with van der Waals surface area (Å²) in [5.74, 6) is 1.73.